The summed E-state index contributed by atoms with van der Waals surface area (Å²) >= 11 is 0. The molecule has 3 saturated heterocycles. The fraction of sp³-hybridized carbons (Fsp3) is 0.870. The predicted molar refractivity (Wildman–Crippen MR) is 129 cm³/mol. The highest BCUT2D eigenvalue weighted by atomic mass is 16.8. The molecule has 3 rings (SSSR count). The lowest BCUT2D eigenvalue weighted by Crippen LogP contribution is -2.70. The van der Waals surface area contributed by atoms with Crippen LogP contribution in [0.25, 0.3) is 0 Å². The second-order valence-corrected chi connectivity index (χ2v) is 10.4. The molecule has 248 valence electrons. The van der Waals surface area contributed by atoms with Crippen LogP contribution in [0.4, 0.5) is 0 Å². The highest BCUT2D eigenvalue weighted by Gasteiger charge is 2.60. The lowest BCUT2D eigenvalue weighted by molar-refractivity contribution is -0.378. The van der Waals surface area contributed by atoms with Gasteiger partial charge in [-0.25, -0.2) is 9.59 Å². The number of esters is 1. The first-order valence-electron chi connectivity index (χ1n) is 13.1. The molecule has 0 saturated carbocycles. The van der Waals surface area contributed by atoms with Crippen molar-refractivity contribution >= 4 is 17.8 Å². The Kier molecular flexibility index (Phi) is 11.8. The van der Waals surface area contributed by atoms with Crippen molar-refractivity contribution in [2.24, 2.45) is 0 Å². The van der Waals surface area contributed by atoms with E-state index in [4.69, 9.17) is 23.7 Å². The molecule has 20 heteroatoms. The first kappa shape index (κ1) is 35.3. The molecule has 43 heavy (non-hydrogen) atoms. The van der Waals surface area contributed by atoms with Crippen molar-refractivity contribution in [2.75, 3.05) is 19.8 Å². The summed E-state index contributed by atoms with van der Waals surface area (Å²) in [6.45, 7) is -1.93. The molecule has 0 aromatic carbocycles. The number of nitrogens with one attached hydrogen (secondary N) is 1. The van der Waals surface area contributed by atoms with Crippen LogP contribution in [0.1, 0.15) is 13.3 Å². The van der Waals surface area contributed by atoms with Crippen LogP contribution < -0.4 is 5.32 Å². The molecular formula is C23H37NO19. The predicted octanol–water partition coefficient (Wildman–Crippen LogP) is -8.02. The van der Waals surface area contributed by atoms with Gasteiger partial charge >= 0.3 is 11.9 Å². The lowest BCUT2D eigenvalue weighted by Gasteiger charge is -2.50. The van der Waals surface area contributed by atoms with Gasteiger partial charge in [-0.1, -0.05) is 0 Å². The topological polar surface area (TPSA) is 332 Å². The number of carboxylic acid groups (broad SMARTS) is 1. The Balaban J connectivity index is 1.95. The van der Waals surface area contributed by atoms with Gasteiger partial charge in [0.25, 0.3) is 5.79 Å². The number of aliphatic carboxylic acids is 1. The van der Waals surface area contributed by atoms with Gasteiger partial charge in [-0.05, 0) is 0 Å². The molecule has 0 radical (unpaired) electrons. The number of rotatable bonds is 11. The van der Waals surface area contributed by atoms with Gasteiger partial charge < -0.3 is 85.2 Å². The standard InChI is InChI=1S/C23H37NO19/c1-6(28)24-11-7(29)2-23(22(37)38,42-18(11)12(31)8(30)3-25)43-19-13(32)9(4-26)40-21(16(19)35)41-17-10(5-27)39-20(36)15(34)14(17)33/h7-19,21,25-27,29-35H,2-5H2,1H3,(H,24,28)(H,37,38)/t7-,8+,9+,10+,11+,12+,13-,14+,15+,16+,17+,18+,19-,21-,23-/m0/s1. The van der Waals surface area contributed by atoms with Crippen LogP contribution in [-0.4, -0.2) is 185 Å². The smallest absolute Gasteiger partial charge is 0.364 e. The number of carbonyl (C=O) groups excluding carboxylic acids is 2. The van der Waals surface area contributed by atoms with Crippen molar-refractivity contribution in [1.82, 2.24) is 5.32 Å². The van der Waals surface area contributed by atoms with Crippen molar-refractivity contribution in [2.45, 2.75) is 105 Å². The second-order valence-electron chi connectivity index (χ2n) is 10.4. The molecule has 0 aromatic heterocycles. The third-order valence-electron chi connectivity index (χ3n) is 7.34. The van der Waals surface area contributed by atoms with Gasteiger partial charge in [0.2, 0.25) is 5.91 Å². The van der Waals surface area contributed by atoms with E-state index in [0.717, 1.165) is 6.92 Å². The molecule has 1 amide bonds. The lowest BCUT2D eigenvalue weighted by atomic mass is 9.88. The van der Waals surface area contributed by atoms with Crippen molar-refractivity contribution in [3.05, 3.63) is 0 Å². The molecule has 0 aliphatic carbocycles. The molecule has 3 aliphatic heterocycles. The number of hydrogen-bond acceptors (Lipinski definition) is 18. The van der Waals surface area contributed by atoms with Crippen molar-refractivity contribution in [3.8, 4) is 0 Å². The molecule has 15 atom stereocenters. The van der Waals surface area contributed by atoms with Crippen molar-refractivity contribution in [1.29, 1.82) is 0 Å². The van der Waals surface area contributed by atoms with Gasteiger partial charge in [0.05, 0.1) is 32.0 Å². The number of carboxylic acids is 1. The van der Waals surface area contributed by atoms with Crippen LogP contribution in [0.2, 0.25) is 0 Å². The zero-order valence-electron chi connectivity index (χ0n) is 22.6. The van der Waals surface area contributed by atoms with Crippen LogP contribution in [0.3, 0.4) is 0 Å². The summed E-state index contributed by atoms with van der Waals surface area (Å²) in [7, 11) is 0. The van der Waals surface area contributed by atoms with Gasteiger partial charge in [-0.2, -0.15) is 0 Å². The number of aliphatic hydroxyl groups excluding tert-OH is 10. The Hall–Kier alpha value is -2.15. The van der Waals surface area contributed by atoms with Crippen molar-refractivity contribution < 1.29 is 94.2 Å². The minimum atomic E-state index is -3.03. The number of hydrogen-bond donors (Lipinski definition) is 12. The van der Waals surface area contributed by atoms with Crippen LogP contribution in [0, 0.1) is 0 Å². The minimum absolute atomic E-state index is 0.755. The van der Waals surface area contributed by atoms with E-state index in [9.17, 15) is 70.6 Å². The Morgan fingerprint density at radius 2 is 1.63 bits per heavy atom. The van der Waals surface area contributed by atoms with Crippen LogP contribution in [0.5, 0.6) is 0 Å². The number of amides is 1. The summed E-state index contributed by atoms with van der Waals surface area (Å²) in [5, 5.41) is 114. The van der Waals surface area contributed by atoms with E-state index < -0.39 is 135 Å². The molecule has 0 bridgehead atoms. The van der Waals surface area contributed by atoms with Gasteiger partial charge in [-0.3, -0.25) is 4.79 Å². The first-order chi connectivity index (χ1) is 20.1. The molecular weight excluding hydrogens is 594 g/mol. The summed E-state index contributed by atoms with van der Waals surface area (Å²) in [5.41, 5.74) is 0. The fourth-order valence-electron chi connectivity index (χ4n) is 5.06. The molecule has 20 nitrogen and oxygen atoms in total. The monoisotopic (exact) mass is 631 g/mol. The number of aliphatic hydroxyl groups is 10. The summed E-state index contributed by atoms with van der Waals surface area (Å²) < 4.78 is 26.6. The number of carbonyl (C=O) groups is 3. The molecule has 0 spiro atoms. The van der Waals surface area contributed by atoms with Gasteiger partial charge in [0, 0.05) is 13.3 Å². The zero-order chi connectivity index (χ0) is 32.4. The maximum Gasteiger partial charge on any atom is 0.364 e. The van der Waals surface area contributed by atoms with Crippen LogP contribution in [0.15, 0.2) is 0 Å². The molecule has 3 fully saturated rings. The van der Waals surface area contributed by atoms with Crippen LogP contribution in [-0.2, 0) is 38.1 Å². The molecule has 0 aromatic rings. The molecule has 3 heterocycles. The van der Waals surface area contributed by atoms with Gasteiger partial charge in [0.1, 0.15) is 54.9 Å². The second kappa shape index (κ2) is 14.3. The van der Waals surface area contributed by atoms with Gasteiger partial charge in [-0.15, -0.1) is 0 Å². The van der Waals surface area contributed by atoms with E-state index in [1.807, 2.05) is 0 Å². The average Bonchev–Trinajstić information content (AvgIpc) is 2.96. The van der Waals surface area contributed by atoms with E-state index in [0.29, 0.717) is 0 Å². The minimum Gasteiger partial charge on any atom is -0.477 e. The maximum absolute atomic E-state index is 12.5. The van der Waals surface area contributed by atoms with Crippen LogP contribution >= 0.6 is 0 Å². The summed E-state index contributed by atoms with van der Waals surface area (Å²) in [6, 6.07) is -1.55. The SMILES string of the molecule is CC(=O)N[C@H]1[C@H]([C@H](O)[C@H](O)CO)O[C@@](O[C@H]2[C@@H](O)[C@@H](CO)O[C@@H](O[C@H]3[C@H](O)[C@@H](O)C(=O)O[C@@H]3CO)[C@@H]2O)(C(=O)O)C[C@@H]1O. The third-order valence-corrected chi connectivity index (χ3v) is 7.34. The largest absolute Gasteiger partial charge is 0.477 e. The number of ether oxygens (including phenoxy) is 5. The molecule has 12 N–H and O–H groups in total. The first-order valence-corrected chi connectivity index (χ1v) is 13.1. The average molecular weight is 632 g/mol. The van der Waals surface area contributed by atoms with E-state index >= 15 is 0 Å². The molecule has 0 unspecified atom stereocenters. The highest BCUT2D eigenvalue weighted by molar-refractivity contribution is 5.77. The molecule has 3 aliphatic rings. The fourth-order valence-corrected chi connectivity index (χ4v) is 5.06. The highest BCUT2D eigenvalue weighted by Crippen LogP contribution is 2.38. The number of cyclic esters (lactones) is 1. The Morgan fingerprint density at radius 1 is 1.00 bits per heavy atom. The van der Waals surface area contributed by atoms with E-state index in [2.05, 4.69) is 5.32 Å². The zero-order valence-corrected chi connectivity index (χ0v) is 22.6. The summed E-state index contributed by atoms with van der Waals surface area (Å²) in [6.07, 6.45) is -26.5. The normalized spacial score (nSPS) is 43.4. The van der Waals surface area contributed by atoms with E-state index in [1.165, 1.54) is 0 Å². The van der Waals surface area contributed by atoms with Gasteiger partial charge in [0.15, 0.2) is 18.5 Å². The third kappa shape index (κ3) is 7.23. The Labute approximate surface area is 242 Å². The maximum atomic E-state index is 12.5. The quantitative estimate of drug-likeness (QED) is 0.0942. The Morgan fingerprint density at radius 3 is 2.16 bits per heavy atom. The Bertz CT molecular complexity index is 984. The van der Waals surface area contributed by atoms with Crippen molar-refractivity contribution in [3.63, 3.8) is 0 Å². The summed E-state index contributed by atoms with van der Waals surface area (Å²) in [5.74, 6) is -7.06. The van der Waals surface area contributed by atoms with E-state index in [1.54, 1.807) is 0 Å². The van der Waals surface area contributed by atoms with E-state index in [-0.39, 0.29) is 0 Å². The summed E-state index contributed by atoms with van der Waals surface area (Å²) in [4.78, 5) is 36.0.